The van der Waals surface area contributed by atoms with Crippen LogP contribution in [0.2, 0.25) is 0 Å². The Bertz CT molecular complexity index is 811. The number of benzene rings is 1. The maximum absolute atomic E-state index is 13.1. The van der Waals surface area contributed by atoms with E-state index < -0.39 is 15.1 Å². The Morgan fingerprint density at radius 2 is 1.79 bits per heavy atom. The van der Waals surface area contributed by atoms with Crippen LogP contribution in [0.4, 0.5) is 0 Å². The van der Waals surface area contributed by atoms with Gasteiger partial charge in [0.2, 0.25) is 20.9 Å². The molecule has 1 amide bonds. The predicted molar refractivity (Wildman–Crippen MR) is 87.8 cm³/mol. The van der Waals surface area contributed by atoms with Gasteiger partial charge in [0.15, 0.2) is 5.25 Å². The number of aromatic nitrogens is 3. The van der Waals surface area contributed by atoms with E-state index in [2.05, 4.69) is 10.2 Å². The van der Waals surface area contributed by atoms with E-state index in [1.54, 1.807) is 42.3 Å². The van der Waals surface area contributed by atoms with E-state index in [0.717, 1.165) is 19.3 Å². The van der Waals surface area contributed by atoms with Gasteiger partial charge in [0.1, 0.15) is 6.33 Å². The molecule has 1 aliphatic rings. The monoisotopic (exact) mass is 348 g/mol. The van der Waals surface area contributed by atoms with Gasteiger partial charge < -0.3 is 9.47 Å². The van der Waals surface area contributed by atoms with E-state index in [-0.39, 0.29) is 11.1 Å². The molecule has 1 aromatic heterocycles. The lowest BCUT2D eigenvalue weighted by Gasteiger charge is -2.30. The largest absolute Gasteiger partial charge is 0.341 e. The molecule has 1 saturated heterocycles. The van der Waals surface area contributed by atoms with Crippen LogP contribution in [0.3, 0.4) is 0 Å². The van der Waals surface area contributed by atoms with Gasteiger partial charge in [-0.2, -0.15) is 0 Å². The van der Waals surface area contributed by atoms with E-state index in [1.165, 1.54) is 10.9 Å². The summed E-state index contributed by atoms with van der Waals surface area (Å²) >= 11 is 0. The highest BCUT2D eigenvalue weighted by molar-refractivity contribution is 7.92. The summed E-state index contributed by atoms with van der Waals surface area (Å²) in [6.07, 6.45) is 4.19. The number of piperidine rings is 1. The van der Waals surface area contributed by atoms with E-state index >= 15 is 0 Å². The molecule has 1 aliphatic heterocycles. The zero-order valence-electron chi connectivity index (χ0n) is 13.5. The summed E-state index contributed by atoms with van der Waals surface area (Å²) in [7, 11) is -2.44. The lowest BCUT2D eigenvalue weighted by atomic mass is 10.1. The van der Waals surface area contributed by atoms with E-state index in [0.29, 0.717) is 18.7 Å². The van der Waals surface area contributed by atoms with Crippen molar-refractivity contribution in [2.45, 2.75) is 29.7 Å². The Kier molecular flexibility index (Phi) is 4.66. The first kappa shape index (κ1) is 16.6. The van der Waals surface area contributed by atoms with Gasteiger partial charge in [0.25, 0.3) is 0 Å². The molecule has 1 unspecified atom stereocenters. The molecule has 0 radical (unpaired) electrons. The third-order valence-corrected chi connectivity index (χ3v) is 6.20. The second-order valence-corrected chi connectivity index (χ2v) is 7.87. The van der Waals surface area contributed by atoms with Crippen LogP contribution in [-0.4, -0.2) is 47.1 Å². The van der Waals surface area contributed by atoms with Crippen molar-refractivity contribution < 1.29 is 13.2 Å². The van der Waals surface area contributed by atoms with Gasteiger partial charge in [-0.1, -0.05) is 30.3 Å². The Balaban J connectivity index is 2.06. The van der Waals surface area contributed by atoms with Crippen molar-refractivity contribution in [1.82, 2.24) is 19.7 Å². The minimum Gasteiger partial charge on any atom is -0.341 e. The molecule has 1 fully saturated rings. The molecule has 1 aromatic carbocycles. The van der Waals surface area contributed by atoms with Crippen molar-refractivity contribution >= 4 is 15.7 Å². The normalized spacial score (nSPS) is 16.8. The number of likely N-dealkylation sites (tertiary alicyclic amines) is 1. The number of hydrogen-bond acceptors (Lipinski definition) is 5. The summed E-state index contributed by atoms with van der Waals surface area (Å²) in [6, 6.07) is 8.59. The highest BCUT2D eigenvalue weighted by atomic mass is 32.2. The molecular formula is C16H20N4O3S. The molecule has 24 heavy (non-hydrogen) atoms. The summed E-state index contributed by atoms with van der Waals surface area (Å²) in [5.74, 6) is -0.385. The fourth-order valence-electron chi connectivity index (χ4n) is 3.00. The van der Waals surface area contributed by atoms with Gasteiger partial charge >= 0.3 is 0 Å². The number of carbonyl (C=O) groups excluding carboxylic acids is 1. The van der Waals surface area contributed by atoms with E-state index in [9.17, 15) is 13.2 Å². The Morgan fingerprint density at radius 3 is 2.38 bits per heavy atom. The van der Waals surface area contributed by atoms with Crippen LogP contribution in [0.25, 0.3) is 0 Å². The van der Waals surface area contributed by atoms with E-state index in [1.807, 2.05) is 0 Å². The summed E-state index contributed by atoms with van der Waals surface area (Å²) in [4.78, 5) is 14.7. The maximum atomic E-state index is 13.1. The molecule has 0 saturated carbocycles. The highest BCUT2D eigenvalue weighted by Gasteiger charge is 2.40. The van der Waals surface area contributed by atoms with Crippen LogP contribution in [-0.2, 0) is 21.7 Å². The SMILES string of the molecule is Cn1cnnc1S(=O)(=O)C(C(=O)N1CCCCC1)c1ccccc1. The minimum absolute atomic E-state index is 0.193. The first-order chi connectivity index (χ1) is 11.5. The summed E-state index contributed by atoms with van der Waals surface area (Å²) in [5.41, 5.74) is 0.455. The fourth-order valence-corrected chi connectivity index (χ4v) is 4.75. The molecular weight excluding hydrogens is 328 g/mol. The number of rotatable bonds is 4. The van der Waals surface area contributed by atoms with Gasteiger partial charge in [0, 0.05) is 20.1 Å². The number of amides is 1. The molecule has 0 aliphatic carbocycles. The average Bonchev–Trinajstić information content (AvgIpc) is 3.03. The van der Waals surface area contributed by atoms with Crippen molar-refractivity contribution in [3.05, 3.63) is 42.2 Å². The molecule has 0 bridgehead atoms. The molecule has 2 heterocycles. The van der Waals surface area contributed by atoms with Gasteiger partial charge in [-0.25, -0.2) is 8.42 Å². The number of nitrogens with zero attached hydrogens (tertiary/aromatic N) is 4. The zero-order chi connectivity index (χ0) is 17.2. The van der Waals surface area contributed by atoms with E-state index in [4.69, 9.17) is 0 Å². The van der Waals surface area contributed by atoms with Crippen LogP contribution >= 0.6 is 0 Å². The van der Waals surface area contributed by atoms with Crippen LogP contribution < -0.4 is 0 Å². The smallest absolute Gasteiger partial charge is 0.250 e. The first-order valence-corrected chi connectivity index (χ1v) is 9.48. The third kappa shape index (κ3) is 3.06. The lowest BCUT2D eigenvalue weighted by molar-refractivity contribution is -0.131. The number of carbonyl (C=O) groups is 1. The Morgan fingerprint density at radius 1 is 1.12 bits per heavy atom. The second kappa shape index (κ2) is 6.72. The van der Waals surface area contributed by atoms with Crippen LogP contribution in [0.15, 0.2) is 41.8 Å². The van der Waals surface area contributed by atoms with Crippen molar-refractivity contribution in [2.24, 2.45) is 7.05 Å². The number of hydrogen-bond donors (Lipinski definition) is 0. The van der Waals surface area contributed by atoms with Crippen molar-refractivity contribution in [1.29, 1.82) is 0 Å². The van der Waals surface area contributed by atoms with Crippen molar-refractivity contribution in [2.75, 3.05) is 13.1 Å². The first-order valence-electron chi connectivity index (χ1n) is 7.93. The highest BCUT2D eigenvalue weighted by Crippen LogP contribution is 2.30. The fraction of sp³-hybridized carbons (Fsp3) is 0.438. The summed E-state index contributed by atoms with van der Waals surface area (Å²) in [5, 5.41) is 5.88. The molecule has 0 N–H and O–H groups in total. The third-order valence-electron chi connectivity index (χ3n) is 4.23. The minimum atomic E-state index is -3.99. The topological polar surface area (TPSA) is 85.2 Å². The van der Waals surface area contributed by atoms with Gasteiger partial charge in [-0.15, -0.1) is 10.2 Å². The molecule has 3 rings (SSSR count). The van der Waals surface area contributed by atoms with Crippen LogP contribution in [0, 0.1) is 0 Å². The Hall–Kier alpha value is -2.22. The Labute approximate surface area is 141 Å². The van der Waals surface area contributed by atoms with Gasteiger partial charge in [0.05, 0.1) is 0 Å². The number of sulfone groups is 1. The van der Waals surface area contributed by atoms with Crippen molar-refractivity contribution in [3.63, 3.8) is 0 Å². The zero-order valence-corrected chi connectivity index (χ0v) is 14.3. The summed E-state index contributed by atoms with van der Waals surface area (Å²) in [6.45, 7) is 1.19. The summed E-state index contributed by atoms with van der Waals surface area (Å²) < 4.78 is 27.6. The average molecular weight is 348 g/mol. The molecule has 8 heteroatoms. The standard InChI is InChI=1S/C16H20N4O3S/c1-19-12-17-18-16(19)24(22,23)14(13-8-4-2-5-9-13)15(21)20-10-6-3-7-11-20/h2,4-5,8-9,12,14H,3,6-7,10-11H2,1H3. The molecule has 128 valence electrons. The maximum Gasteiger partial charge on any atom is 0.250 e. The molecule has 1 atom stereocenters. The second-order valence-electron chi connectivity index (χ2n) is 5.95. The van der Waals surface area contributed by atoms with Gasteiger partial charge in [-0.05, 0) is 24.8 Å². The number of aryl methyl sites for hydroxylation is 1. The quantitative estimate of drug-likeness (QED) is 0.832. The van der Waals surface area contributed by atoms with Crippen LogP contribution in [0.5, 0.6) is 0 Å². The molecule has 2 aromatic rings. The van der Waals surface area contributed by atoms with Crippen LogP contribution in [0.1, 0.15) is 30.1 Å². The predicted octanol–water partition coefficient (Wildman–Crippen LogP) is 1.34. The molecule has 0 spiro atoms. The van der Waals surface area contributed by atoms with Gasteiger partial charge in [-0.3, -0.25) is 4.79 Å². The molecule has 7 nitrogen and oxygen atoms in total. The van der Waals surface area contributed by atoms with Crippen molar-refractivity contribution in [3.8, 4) is 0 Å². The lowest BCUT2D eigenvalue weighted by Crippen LogP contribution is -2.41.